The van der Waals surface area contributed by atoms with E-state index in [2.05, 4.69) is 5.32 Å². The molecule has 0 atom stereocenters. The lowest BCUT2D eigenvalue weighted by Gasteiger charge is -2.08. The third kappa shape index (κ3) is 5.61. The van der Waals surface area contributed by atoms with Crippen molar-refractivity contribution in [2.45, 2.75) is 13.3 Å². The number of ether oxygens (including phenoxy) is 1. The second kappa shape index (κ2) is 8.49. The predicted octanol–water partition coefficient (Wildman–Crippen LogP) is 2.39. The molecule has 0 unspecified atom stereocenters. The molecule has 2 N–H and O–H groups in total. The number of hydrogen-bond donors (Lipinski definition) is 2. The third-order valence-corrected chi connectivity index (χ3v) is 2.92. The fourth-order valence-corrected chi connectivity index (χ4v) is 1.89. The van der Waals surface area contributed by atoms with Crippen molar-refractivity contribution in [2.75, 3.05) is 13.2 Å². The van der Waals surface area contributed by atoms with Crippen LogP contribution in [-0.4, -0.2) is 31.1 Å². The van der Waals surface area contributed by atoms with E-state index in [1.165, 1.54) is 12.1 Å². The minimum absolute atomic E-state index is 0.0240. The topological polar surface area (TPSA) is 84.5 Å². The summed E-state index contributed by atoms with van der Waals surface area (Å²) in [4.78, 5) is 34.4. The highest BCUT2D eigenvalue weighted by atomic mass is 35.5. The summed E-state index contributed by atoms with van der Waals surface area (Å²) in [5, 5.41) is 4.70. The summed E-state index contributed by atoms with van der Waals surface area (Å²) in [6.45, 7) is 1.70. The molecular formula is C13H14Cl2N2O4. The summed E-state index contributed by atoms with van der Waals surface area (Å²) >= 11 is 11.7. The highest BCUT2D eigenvalue weighted by molar-refractivity contribution is 6.39. The minimum Gasteiger partial charge on any atom is -0.452 e. The number of benzene rings is 1. The quantitative estimate of drug-likeness (QED) is 0.811. The lowest BCUT2D eigenvalue weighted by atomic mass is 10.2. The second-order valence-electron chi connectivity index (χ2n) is 3.98. The Balaban J connectivity index is 2.50. The fraction of sp³-hybridized carbons (Fsp3) is 0.308. The Hall–Kier alpha value is -1.79. The number of amides is 3. The summed E-state index contributed by atoms with van der Waals surface area (Å²) in [6.07, 6.45) is 0.738. The first-order valence-electron chi connectivity index (χ1n) is 6.14. The standard InChI is InChI=1S/C13H14Cl2N2O4/c1-2-6-16-13(20)17-10(18)7-21-12(19)11-8(14)4-3-5-9(11)15/h3-5H,2,6-7H2,1H3,(H2,16,17,18,20). The first-order chi connectivity index (χ1) is 9.95. The number of nitrogens with one attached hydrogen (secondary N) is 2. The second-order valence-corrected chi connectivity index (χ2v) is 4.79. The average Bonchev–Trinajstić information content (AvgIpc) is 2.42. The van der Waals surface area contributed by atoms with E-state index in [-0.39, 0.29) is 15.6 Å². The van der Waals surface area contributed by atoms with Gasteiger partial charge in [0.05, 0.1) is 15.6 Å². The molecule has 1 aromatic rings. The molecule has 0 spiro atoms. The van der Waals surface area contributed by atoms with Crippen LogP contribution in [0, 0.1) is 0 Å². The molecule has 0 fully saturated rings. The van der Waals surface area contributed by atoms with Crippen molar-refractivity contribution in [2.24, 2.45) is 0 Å². The highest BCUT2D eigenvalue weighted by Crippen LogP contribution is 2.24. The van der Waals surface area contributed by atoms with E-state index in [1.807, 2.05) is 12.2 Å². The molecule has 0 aliphatic carbocycles. The molecule has 1 rings (SSSR count). The highest BCUT2D eigenvalue weighted by Gasteiger charge is 2.17. The van der Waals surface area contributed by atoms with Crippen LogP contribution in [-0.2, 0) is 9.53 Å². The maximum Gasteiger partial charge on any atom is 0.341 e. The summed E-state index contributed by atoms with van der Waals surface area (Å²) in [5.41, 5.74) is -0.0240. The van der Waals surface area contributed by atoms with Crippen LogP contribution in [0.2, 0.25) is 10.0 Å². The number of hydrogen-bond acceptors (Lipinski definition) is 4. The van der Waals surface area contributed by atoms with Gasteiger partial charge < -0.3 is 10.1 Å². The Labute approximate surface area is 131 Å². The van der Waals surface area contributed by atoms with Gasteiger partial charge in [0.1, 0.15) is 0 Å². The molecule has 1 aromatic carbocycles. The van der Waals surface area contributed by atoms with E-state index < -0.39 is 24.5 Å². The van der Waals surface area contributed by atoms with Gasteiger partial charge >= 0.3 is 12.0 Å². The molecule has 0 aromatic heterocycles. The largest absolute Gasteiger partial charge is 0.452 e. The van der Waals surface area contributed by atoms with Gasteiger partial charge in [-0.05, 0) is 18.6 Å². The van der Waals surface area contributed by atoms with Crippen LogP contribution >= 0.6 is 23.2 Å². The fourth-order valence-electron chi connectivity index (χ4n) is 1.34. The number of carbonyl (C=O) groups excluding carboxylic acids is 3. The van der Waals surface area contributed by atoms with Gasteiger partial charge in [0.25, 0.3) is 5.91 Å². The molecule has 0 saturated heterocycles. The molecule has 0 aliphatic rings. The van der Waals surface area contributed by atoms with E-state index in [1.54, 1.807) is 6.07 Å². The maximum absolute atomic E-state index is 11.8. The van der Waals surface area contributed by atoms with Crippen molar-refractivity contribution in [3.05, 3.63) is 33.8 Å². The molecule has 0 saturated carbocycles. The Morgan fingerprint density at radius 1 is 1.19 bits per heavy atom. The van der Waals surface area contributed by atoms with E-state index in [0.29, 0.717) is 6.54 Å². The van der Waals surface area contributed by atoms with E-state index in [0.717, 1.165) is 6.42 Å². The molecule has 8 heteroatoms. The zero-order chi connectivity index (χ0) is 15.8. The molecule has 0 bridgehead atoms. The minimum atomic E-state index is -0.838. The molecule has 0 heterocycles. The van der Waals surface area contributed by atoms with Gasteiger partial charge in [0.15, 0.2) is 6.61 Å². The van der Waals surface area contributed by atoms with Crippen LogP contribution in [0.5, 0.6) is 0 Å². The summed E-state index contributed by atoms with van der Waals surface area (Å²) in [6, 6.07) is 3.88. The SMILES string of the molecule is CCCNC(=O)NC(=O)COC(=O)c1c(Cl)cccc1Cl. The van der Waals surface area contributed by atoms with Crippen LogP contribution in [0.1, 0.15) is 23.7 Å². The number of carbonyl (C=O) groups is 3. The number of esters is 1. The van der Waals surface area contributed by atoms with Crippen LogP contribution in [0.4, 0.5) is 4.79 Å². The van der Waals surface area contributed by atoms with E-state index in [4.69, 9.17) is 27.9 Å². The Bertz CT molecular complexity index is 529. The lowest BCUT2D eigenvalue weighted by Crippen LogP contribution is -2.41. The van der Waals surface area contributed by atoms with Gasteiger partial charge in [0.2, 0.25) is 0 Å². The third-order valence-electron chi connectivity index (χ3n) is 2.29. The van der Waals surface area contributed by atoms with Crippen LogP contribution in [0.3, 0.4) is 0 Å². The summed E-state index contributed by atoms with van der Waals surface area (Å²) in [5.74, 6) is -1.59. The zero-order valence-corrected chi connectivity index (χ0v) is 12.8. The van der Waals surface area contributed by atoms with Crippen LogP contribution < -0.4 is 10.6 Å². The number of urea groups is 1. The number of rotatable bonds is 5. The van der Waals surface area contributed by atoms with E-state index in [9.17, 15) is 14.4 Å². The first-order valence-corrected chi connectivity index (χ1v) is 6.90. The van der Waals surface area contributed by atoms with Gasteiger partial charge in [-0.3, -0.25) is 10.1 Å². The lowest BCUT2D eigenvalue weighted by molar-refractivity contribution is -0.123. The van der Waals surface area contributed by atoms with Gasteiger partial charge in [-0.15, -0.1) is 0 Å². The number of imide groups is 1. The van der Waals surface area contributed by atoms with Gasteiger partial charge in [-0.25, -0.2) is 9.59 Å². The van der Waals surface area contributed by atoms with Crippen molar-refractivity contribution in [1.29, 1.82) is 0 Å². The molecule has 114 valence electrons. The van der Waals surface area contributed by atoms with Crippen LogP contribution in [0.15, 0.2) is 18.2 Å². The molecule has 3 amide bonds. The Morgan fingerprint density at radius 2 is 1.81 bits per heavy atom. The normalized spacial score (nSPS) is 9.86. The molecule has 21 heavy (non-hydrogen) atoms. The summed E-state index contributed by atoms with van der Waals surface area (Å²) < 4.78 is 4.76. The smallest absolute Gasteiger partial charge is 0.341 e. The van der Waals surface area contributed by atoms with Crippen LogP contribution in [0.25, 0.3) is 0 Å². The number of halogens is 2. The molecule has 0 radical (unpaired) electrons. The van der Waals surface area contributed by atoms with Crippen molar-refractivity contribution >= 4 is 41.1 Å². The Kier molecular flexibility index (Phi) is 6.98. The predicted molar refractivity (Wildman–Crippen MR) is 78.6 cm³/mol. The molecule has 6 nitrogen and oxygen atoms in total. The Morgan fingerprint density at radius 3 is 2.38 bits per heavy atom. The first kappa shape index (κ1) is 17.3. The van der Waals surface area contributed by atoms with E-state index >= 15 is 0 Å². The molecule has 0 aliphatic heterocycles. The maximum atomic E-state index is 11.8. The van der Waals surface area contributed by atoms with Crippen molar-refractivity contribution in [3.63, 3.8) is 0 Å². The van der Waals surface area contributed by atoms with Crippen molar-refractivity contribution in [3.8, 4) is 0 Å². The van der Waals surface area contributed by atoms with Gasteiger partial charge in [0, 0.05) is 6.54 Å². The van der Waals surface area contributed by atoms with Crippen molar-refractivity contribution < 1.29 is 19.1 Å². The van der Waals surface area contributed by atoms with Crippen molar-refractivity contribution in [1.82, 2.24) is 10.6 Å². The zero-order valence-electron chi connectivity index (χ0n) is 11.2. The van der Waals surface area contributed by atoms with Gasteiger partial charge in [-0.2, -0.15) is 0 Å². The van der Waals surface area contributed by atoms with Gasteiger partial charge in [-0.1, -0.05) is 36.2 Å². The monoisotopic (exact) mass is 332 g/mol. The molecular weight excluding hydrogens is 319 g/mol. The summed E-state index contributed by atoms with van der Waals surface area (Å²) in [7, 11) is 0. The average molecular weight is 333 g/mol.